The number of alkyl halides is 3. The lowest BCUT2D eigenvalue weighted by Gasteiger charge is -2.13. The van der Waals surface area contributed by atoms with Crippen LogP contribution in [0, 0.1) is 0 Å². The molecule has 1 fully saturated rings. The zero-order chi connectivity index (χ0) is 12.8. The van der Waals surface area contributed by atoms with Crippen LogP contribution in [0.25, 0.3) is 0 Å². The molecule has 0 aliphatic heterocycles. The van der Waals surface area contributed by atoms with Crippen molar-refractivity contribution in [1.82, 2.24) is 0 Å². The highest BCUT2D eigenvalue weighted by Gasteiger charge is 2.59. The van der Waals surface area contributed by atoms with E-state index in [1.165, 1.54) is 18.2 Å². The number of halogens is 3. The first-order chi connectivity index (χ1) is 7.77. The molecule has 3 nitrogen and oxygen atoms in total. The molecule has 1 aromatic rings. The van der Waals surface area contributed by atoms with Crippen LogP contribution < -0.4 is 5.73 Å². The van der Waals surface area contributed by atoms with Crippen LogP contribution in [0.5, 0.6) is 0 Å². The third-order valence-corrected chi connectivity index (χ3v) is 3.04. The molecule has 1 aliphatic carbocycles. The maximum Gasteiger partial charge on any atom is 0.416 e. The van der Waals surface area contributed by atoms with Crippen LogP contribution in [0.1, 0.15) is 23.5 Å². The van der Waals surface area contributed by atoms with Crippen LogP contribution in [0.15, 0.2) is 24.3 Å². The van der Waals surface area contributed by atoms with E-state index in [0.29, 0.717) is 0 Å². The Kier molecular flexibility index (Phi) is 2.43. The number of hydrogen-bond acceptors (Lipinski definition) is 2. The number of hydrogen-bond donors (Lipinski definition) is 2. The van der Waals surface area contributed by atoms with Gasteiger partial charge in [-0.15, -0.1) is 0 Å². The smallest absolute Gasteiger partial charge is 0.416 e. The van der Waals surface area contributed by atoms with E-state index in [1.807, 2.05) is 0 Å². The summed E-state index contributed by atoms with van der Waals surface area (Å²) in [6.07, 6.45) is -4.45. The van der Waals surface area contributed by atoms with Crippen molar-refractivity contribution >= 4 is 5.97 Å². The van der Waals surface area contributed by atoms with Crippen LogP contribution in [-0.4, -0.2) is 16.6 Å². The molecule has 2 rings (SSSR count). The number of carboxylic acids is 1. The van der Waals surface area contributed by atoms with E-state index >= 15 is 0 Å². The fourth-order valence-corrected chi connectivity index (χ4v) is 1.96. The monoisotopic (exact) mass is 245 g/mol. The van der Waals surface area contributed by atoms with Crippen molar-refractivity contribution < 1.29 is 23.1 Å². The third-order valence-electron chi connectivity index (χ3n) is 3.04. The SMILES string of the molecule is N[C@]1(C(=O)O)C[C@@H]1c1ccccc1C(F)(F)F. The third kappa shape index (κ3) is 1.88. The van der Waals surface area contributed by atoms with Crippen LogP contribution >= 0.6 is 0 Å². The van der Waals surface area contributed by atoms with Gasteiger partial charge in [0.05, 0.1) is 5.56 Å². The number of carboxylic acid groups (broad SMARTS) is 1. The van der Waals surface area contributed by atoms with Gasteiger partial charge in [-0.1, -0.05) is 18.2 Å². The first-order valence-electron chi connectivity index (χ1n) is 4.95. The van der Waals surface area contributed by atoms with E-state index in [9.17, 15) is 18.0 Å². The highest BCUT2D eigenvalue weighted by molar-refractivity contribution is 5.85. The summed E-state index contributed by atoms with van der Waals surface area (Å²) in [5, 5.41) is 8.83. The Morgan fingerprint density at radius 1 is 1.41 bits per heavy atom. The predicted molar refractivity (Wildman–Crippen MR) is 53.4 cm³/mol. The van der Waals surface area contributed by atoms with Crippen LogP contribution in [0.3, 0.4) is 0 Å². The molecule has 2 atom stereocenters. The van der Waals surface area contributed by atoms with E-state index in [1.54, 1.807) is 0 Å². The molecule has 0 saturated heterocycles. The van der Waals surface area contributed by atoms with E-state index in [2.05, 4.69) is 0 Å². The summed E-state index contributed by atoms with van der Waals surface area (Å²) in [5.41, 5.74) is 3.11. The maximum absolute atomic E-state index is 12.7. The van der Waals surface area contributed by atoms with Crippen molar-refractivity contribution in [1.29, 1.82) is 0 Å². The van der Waals surface area contributed by atoms with Gasteiger partial charge in [-0.2, -0.15) is 13.2 Å². The van der Waals surface area contributed by atoms with Gasteiger partial charge in [-0.25, -0.2) is 0 Å². The Hall–Kier alpha value is -1.56. The second-order valence-corrected chi connectivity index (χ2v) is 4.19. The van der Waals surface area contributed by atoms with Gasteiger partial charge in [0.15, 0.2) is 0 Å². The fraction of sp³-hybridized carbons (Fsp3) is 0.364. The Morgan fingerprint density at radius 3 is 2.47 bits per heavy atom. The minimum atomic E-state index is -4.49. The average Bonchev–Trinajstić information content (AvgIpc) is 2.91. The van der Waals surface area contributed by atoms with E-state index in [4.69, 9.17) is 10.8 Å². The van der Waals surface area contributed by atoms with E-state index < -0.39 is 29.2 Å². The van der Waals surface area contributed by atoms with Crippen molar-refractivity contribution in [3.05, 3.63) is 35.4 Å². The Bertz CT molecular complexity index is 472. The van der Waals surface area contributed by atoms with E-state index in [-0.39, 0.29) is 12.0 Å². The lowest BCUT2D eigenvalue weighted by atomic mass is 10.00. The van der Waals surface area contributed by atoms with Crippen molar-refractivity contribution in [2.75, 3.05) is 0 Å². The molecule has 1 saturated carbocycles. The van der Waals surface area contributed by atoms with Crippen molar-refractivity contribution in [2.45, 2.75) is 24.1 Å². The molecule has 0 bridgehead atoms. The number of nitrogens with two attached hydrogens (primary N) is 1. The molecule has 0 heterocycles. The Labute approximate surface area is 95.0 Å². The highest BCUT2D eigenvalue weighted by atomic mass is 19.4. The molecule has 92 valence electrons. The summed E-state index contributed by atoms with van der Waals surface area (Å²) in [6, 6.07) is 4.94. The molecule has 1 aromatic carbocycles. The molecule has 0 radical (unpaired) electrons. The van der Waals surface area contributed by atoms with Gasteiger partial charge in [-0.05, 0) is 18.1 Å². The van der Waals surface area contributed by atoms with Gasteiger partial charge in [0.1, 0.15) is 5.54 Å². The standard InChI is InChI=1S/C11H10F3NO2/c12-11(13,14)7-4-2-1-3-6(7)8-5-10(8,15)9(16)17/h1-4,8H,5,15H2,(H,16,17)/t8-,10-/m1/s1. The Morgan fingerprint density at radius 2 is 2.00 bits per heavy atom. The summed E-state index contributed by atoms with van der Waals surface area (Å²) >= 11 is 0. The molecule has 0 amide bonds. The molecule has 6 heteroatoms. The normalized spacial score (nSPS) is 27.9. The van der Waals surface area contributed by atoms with Gasteiger partial charge in [0.25, 0.3) is 0 Å². The number of benzene rings is 1. The van der Waals surface area contributed by atoms with Crippen LogP contribution in [0.2, 0.25) is 0 Å². The van der Waals surface area contributed by atoms with E-state index in [0.717, 1.165) is 6.07 Å². The molecular formula is C11H10F3NO2. The van der Waals surface area contributed by atoms with Gasteiger partial charge in [0, 0.05) is 5.92 Å². The van der Waals surface area contributed by atoms with Crippen molar-refractivity contribution in [3.8, 4) is 0 Å². The lowest BCUT2D eigenvalue weighted by molar-refractivity contribution is -0.141. The first kappa shape index (κ1) is 11.9. The number of rotatable bonds is 2. The molecule has 1 aliphatic rings. The van der Waals surface area contributed by atoms with Gasteiger partial charge < -0.3 is 10.8 Å². The fourth-order valence-electron chi connectivity index (χ4n) is 1.96. The van der Waals surface area contributed by atoms with Gasteiger partial charge in [0.2, 0.25) is 0 Å². The second kappa shape index (κ2) is 3.46. The van der Waals surface area contributed by atoms with Gasteiger partial charge >= 0.3 is 12.1 Å². The predicted octanol–water partition coefficient (Wildman–Crippen LogP) is 1.97. The number of carbonyl (C=O) groups is 1. The molecule has 0 spiro atoms. The molecule has 3 N–H and O–H groups in total. The zero-order valence-corrected chi connectivity index (χ0v) is 8.66. The summed E-state index contributed by atoms with van der Waals surface area (Å²) in [5.74, 6) is -2.03. The van der Waals surface area contributed by atoms with Gasteiger partial charge in [-0.3, -0.25) is 4.79 Å². The molecule has 17 heavy (non-hydrogen) atoms. The maximum atomic E-state index is 12.7. The summed E-state index contributed by atoms with van der Waals surface area (Å²) in [4.78, 5) is 10.8. The van der Waals surface area contributed by atoms with Crippen molar-refractivity contribution in [2.24, 2.45) is 5.73 Å². The largest absolute Gasteiger partial charge is 0.480 e. The number of aliphatic carboxylic acids is 1. The first-order valence-corrected chi connectivity index (χ1v) is 4.95. The molecule has 0 unspecified atom stereocenters. The van der Waals surface area contributed by atoms with Crippen molar-refractivity contribution in [3.63, 3.8) is 0 Å². The van der Waals surface area contributed by atoms with Crippen LogP contribution in [0.4, 0.5) is 13.2 Å². The topological polar surface area (TPSA) is 63.3 Å². The summed E-state index contributed by atoms with van der Waals surface area (Å²) in [7, 11) is 0. The quantitative estimate of drug-likeness (QED) is 0.837. The Balaban J connectivity index is 2.40. The average molecular weight is 245 g/mol. The molecular weight excluding hydrogens is 235 g/mol. The second-order valence-electron chi connectivity index (χ2n) is 4.19. The minimum Gasteiger partial charge on any atom is -0.480 e. The highest BCUT2D eigenvalue weighted by Crippen LogP contribution is 2.52. The summed E-state index contributed by atoms with van der Waals surface area (Å²) in [6.45, 7) is 0. The lowest BCUT2D eigenvalue weighted by Crippen LogP contribution is -2.34. The minimum absolute atomic E-state index is 0.0371. The summed E-state index contributed by atoms with van der Waals surface area (Å²) < 4.78 is 38.1. The van der Waals surface area contributed by atoms with Crippen LogP contribution in [-0.2, 0) is 11.0 Å². The molecule has 0 aromatic heterocycles. The zero-order valence-electron chi connectivity index (χ0n) is 8.66.